The van der Waals surface area contributed by atoms with Crippen molar-refractivity contribution in [1.29, 1.82) is 0 Å². The van der Waals surface area contributed by atoms with E-state index >= 15 is 0 Å². The van der Waals surface area contributed by atoms with Gasteiger partial charge >= 0.3 is 0 Å². The maximum absolute atomic E-state index is 9.42. The van der Waals surface area contributed by atoms with Crippen LogP contribution in [0.5, 0.6) is 0 Å². The Morgan fingerprint density at radius 3 is 2.76 bits per heavy atom. The highest BCUT2D eigenvalue weighted by molar-refractivity contribution is 7.13. The molecule has 0 saturated heterocycles. The van der Waals surface area contributed by atoms with Crippen LogP contribution in [-0.2, 0) is 0 Å². The number of aliphatic hydroxyl groups is 1. The maximum Gasteiger partial charge on any atom is 0.149 e. The number of fused-ring (bicyclic) bond motifs is 1. The molecule has 0 aliphatic carbocycles. The summed E-state index contributed by atoms with van der Waals surface area (Å²) in [6.45, 7) is 5.95. The lowest BCUT2D eigenvalue weighted by Crippen LogP contribution is -2.45. The molecule has 0 radical (unpaired) electrons. The summed E-state index contributed by atoms with van der Waals surface area (Å²) in [6, 6.07) is 0. The van der Waals surface area contributed by atoms with Crippen LogP contribution in [0.15, 0.2) is 6.33 Å². The van der Waals surface area contributed by atoms with Crippen molar-refractivity contribution in [3.05, 3.63) is 12.0 Å². The van der Waals surface area contributed by atoms with E-state index in [0.717, 1.165) is 21.7 Å². The lowest BCUT2D eigenvalue weighted by Gasteiger charge is -2.35. The molecule has 0 amide bonds. The summed E-state index contributed by atoms with van der Waals surface area (Å²) in [5, 5.41) is 10.4. The van der Waals surface area contributed by atoms with E-state index in [1.54, 1.807) is 6.33 Å². The number of aromatic nitrogens is 3. The number of aryl methyl sites for hydroxylation is 1. The summed E-state index contributed by atoms with van der Waals surface area (Å²) < 4.78 is 4.30. The van der Waals surface area contributed by atoms with E-state index < -0.39 is 0 Å². The molecule has 0 bridgehead atoms. The van der Waals surface area contributed by atoms with Crippen LogP contribution in [0, 0.1) is 6.92 Å². The Bertz CT molecular complexity index is 537. The maximum atomic E-state index is 9.42. The Morgan fingerprint density at radius 1 is 1.41 bits per heavy atom. The smallest absolute Gasteiger partial charge is 0.149 e. The van der Waals surface area contributed by atoms with Gasteiger partial charge in [0, 0.05) is 7.05 Å². The second-order valence-corrected chi connectivity index (χ2v) is 5.43. The Hall–Kier alpha value is -1.27. The Balaban J connectivity index is 2.59. The lowest BCUT2D eigenvalue weighted by molar-refractivity contribution is 0.216. The highest BCUT2D eigenvalue weighted by Crippen LogP contribution is 2.30. The Labute approximate surface area is 104 Å². The summed E-state index contributed by atoms with van der Waals surface area (Å²) in [5.41, 5.74) is 0.566. The highest BCUT2D eigenvalue weighted by atomic mass is 32.1. The van der Waals surface area contributed by atoms with E-state index in [2.05, 4.69) is 14.3 Å². The van der Waals surface area contributed by atoms with Crippen molar-refractivity contribution < 1.29 is 5.11 Å². The number of rotatable bonds is 3. The molecule has 0 fully saturated rings. The molecule has 2 aromatic heterocycles. The van der Waals surface area contributed by atoms with Crippen LogP contribution in [0.2, 0.25) is 0 Å². The van der Waals surface area contributed by atoms with E-state index in [1.165, 1.54) is 11.5 Å². The molecule has 2 rings (SSSR count). The van der Waals surface area contributed by atoms with Gasteiger partial charge < -0.3 is 10.0 Å². The lowest BCUT2D eigenvalue weighted by atomic mass is 10.0. The van der Waals surface area contributed by atoms with Crippen molar-refractivity contribution in [3.8, 4) is 0 Å². The molecule has 0 aromatic carbocycles. The number of hydrogen-bond donors (Lipinski definition) is 1. The minimum atomic E-state index is -0.365. The van der Waals surface area contributed by atoms with E-state index in [-0.39, 0.29) is 12.1 Å². The van der Waals surface area contributed by atoms with Gasteiger partial charge in [0.2, 0.25) is 0 Å². The average molecular weight is 252 g/mol. The molecule has 0 spiro atoms. The van der Waals surface area contributed by atoms with Gasteiger partial charge in [0.25, 0.3) is 0 Å². The van der Waals surface area contributed by atoms with E-state index in [1.807, 2.05) is 32.7 Å². The van der Waals surface area contributed by atoms with Crippen LogP contribution in [0.1, 0.15) is 19.5 Å². The second kappa shape index (κ2) is 4.19. The largest absolute Gasteiger partial charge is 0.394 e. The fraction of sp³-hybridized carbons (Fsp3) is 0.545. The molecule has 0 saturated carbocycles. The van der Waals surface area contributed by atoms with Gasteiger partial charge in [0.15, 0.2) is 0 Å². The third-order valence-electron chi connectivity index (χ3n) is 3.04. The first-order valence-electron chi connectivity index (χ1n) is 5.39. The quantitative estimate of drug-likeness (QED) is 0.899. The van der Waals surface area contributed by atoms with Crippen LogP contribution < -0.4 is 4.90 Å². The molecule has 5 nitrogen and oxygen atoms in total. The van der Waals surface area contributed by atoms with Gasteiger partial charge in [-0.1, -0.05) is 0 Å². The van der Waals surface area contributed by atoms with Gasteiger partial charge in [-0.15, -0.1) is 0 Å². The molecule has 17 heavy (non-hydrogen) atoms. The third kappa shape index (κ3) is 1.98. The molecule has 0 aliphatic rings. The average Bonchev–Trinajstić information content (AvgIpc) is 2.70. The summed E-state index contributed by atoms with van der Waals surface area (Å²) in [6.07, 6.45) is 1.54. The molecule has 6 heteroatoms. The van der Waals surface area contributed by atoms with Crippen molar-refractivity contribution in [2.75, 3.05) is 18.6 Å². The van der Waals surface area contributed by atoms with Gasteiger partial charge in [-0.2, -0.15) is 4.37 Å². The zero-order chi connectivity index (χ0) is 12.6. The van der Waals surface area contributed by atoms with Crippen molar-refractivity contribution in [1.82, 2.24) is 14.3 Å². The number of aliphatic hydroxyl groups excluding tert-OH is 1. The van der Waals surface area contributed by atoms with E-state index in [9.17, 15) is 5.11 Å². The zero-order valence-corrected chi connectivity index (χ0v) is 11.2. The normalized spacial score (nSPS) is 12.1. The molecule has 2 heterocycles. The number of likely N-dealkylation sites (N-methyl/N-ethyl adjacent to an activating group) is 1. The van der Waals surface area contributed by atoms with Gasteiger partial charge in [0.05, 0.1) is 23.2 Å². The molecule has 0 aliphatic heterocycles. The topological polar surface area (TPSA) is 62.1 Å². The third-order valence-corrected chi connectivity index (χ3v) is 3.88. The van der Waals surface area contributed by atoms with E-state index in [4.69, 9.17) is 0 Å². The standard InChI is InChI=1S/C11H16N4OS/c1-7-8-9(15(4)11(2,3)5-16)12-6-13-10(8)17-14-7/h6,16H,5H2,1-4H3. The van der Waals surface area contributed by atoms with Crippen LogP contribution in [-0.4, -0.2) is 38.6 Å². The first-order chi connectivity index (χ1) is 7.97. The monoisotopic (exact) mass is 252 g/mol. The van der Waals surface area contributed by atoms with Crippen LogP contribution in [0.3, 0.4) is 0 Å². The predicted molar refractivity (Wildman–Crippen MR) is 69.5 cm³/mol. The first-order valence-corrected chi connectivity index (χ1v) is 6.16. The number of nitrogens with zero attached hydrogens (tertiary/aromatic N) is 4. The van der Waals surface area contributed by atoms with Gasteiger partial charge in [-0.3, -0.25) is 0 Å². The van der Waals surface area contributed by atoms with Crippen LogP contribution in [0.4, 0.5) is 5.82 Å². The van der Waals surface area contributed by atoms with Gasteiger partial charge in [-0.05, 0) is 32.3 Å². The molecule has 1 N–H and O–H groups in total. The second-order valence-electron chi connectivity index (χ2n) is 4.67. The first kappa shape index (κ1) is 12.2. The predicted octanol–water partition coefficient (Wildman–Crippen LogP) is 1.60. The number of hydrogen-bond acceptors (Lipinski definition) is 6. The van der Waals surface area contributed by atoms with Crippen molar-refractivity contribution in [3.63, 3.8) is 0 Å². The van der Waals surface area contributed by atoms with Crippen LogP contribution in [0.25, 0.3) is 10.2 Å². The molecule has 0 atom stereocenters. The van der Waals surface area contributed by atoms with Crippen molar-refractivity contribution in [2.24, 2.45) is 0 Å². The minimum absolute atomic E-state index is 0.0611. The molecule has 0 unspecified atom stereocenters. The molecule has 2 aromatic rings. The molecular weight excluding hydrogens is 236 g/mol. The Morgan fingerprint density at radius 2 is 2.12 bits per heavy atom. The summed E-state index contributed by atoms with van der Waals surface area (Å²) in [7, 11) is 1.93. The van der Waals surface area contributed by atoms with E-state index in [0.29, 0.717) is 0 Å². The van der Waals surface area contributed by atoms with Crippen molar-refractivity contribution in [2.45, 2.75) is 26.3 Å². The fourth-order valence-corrected chi connectivity index (χ4v) is 2.29. The Kier molecular flexibility index (Phi) is 3.01. The summed E-state index contributed by atoms with van der Waals surface area (Å²) >= 11 is 1.37. The SMILES string of the molecule is Cc1nsc2ncnc(N(C)C(C)(C)CO)c12. The van der Waals surface area contributed by atoms with Crippen LogP contribution >= 0.6 is 11.5 Å². The van der Waals surface area contributed by atoms with Crippen molar-refractivity contribution >= 4 is 27.6 Å². The molecular formula is C11H16N4OS. The summed E-state index contributed by atoms with van der Waals surface area (Å²) in [4.78, 5) is 11.4. The highest BCUT2D eigenvalue weighted by Gasteiger charge is 2.26. The molecule has 92 valence electrons. The zero-order valence-electron chi connectivity index (χ0n) is 10.4. The number of anilines is 1. The van der Waals surface area contributed by atoms with Gasteiger partial charge in [-0.25, -0.2) is 9.97 Å². The minimum Gasteiger partial charge on any atom is -0.394 e. The summed E-state index contributed by atoms with van der Waals surface area (Å²) in [5.74, 6) is 0.820. The fourth-order valence-electron chi connectivity index (χ4n) is 1.55. The van der Waals surface area contributed by atoms with Gasteiger partial charge in [0.1, 0.15) is 17.0 Å².